The quantitative estimate of drug-likeness (QED) is 0.840. The maximum atomic E-state index is 12.3. The Balaban J connectivity index is 2.81. The SMILES string of the molecule is Cc1cccc(C(=O)NC(CC(C)C)CN(C)C)c1O. The highest BCUT2D eigenvalue weighted by Crippen LogP contribution is 2.21. The number of aryl methyl sites for hydroxylation is 1. The number of nitrogens with one attached hydrogen (secondary N) is 1. The van der Waals surface area contributed by atoms with E-state index in [1.54, 1.807) is 25.1 Å². The lowest BCUT2D eigenvalue weighted by molar-refractivity contribution is 0.0921. The summed E-state index contributed by atoms with van der Waals surface area (Å²) in [7, 11) is 3.98. The molecule has 1 aromatic carbocycles. The van der Waals surface area contributed by atoms with Crippen LogP contribution in [0.5, 0.6) is 5.75 Å². The molecule has 1 aromatic rings. The molecule has 1 rings (SSSR count). The highest BCUT2D eigenvalue weighted by atomic mass is 16.3. The maximum Gasteiger partial charge on any atom is 0.255 e. The van der Waals surface area contributed by atoms with E-state index < -0.39 is 0 Å². The van der Waals surface area contributed by atoms with Crippen molar-refractivity contribution in [3.05, 3.63) is 29.3 Å². The van der Waals surface area contributed by atoms with Crippen molar-refractivity contribution in [1.29, 1.82) is 0 Å². The minimum atomic E-state index is -0.210. The van der Waals surface area contributed by atoms with E-state index >= 15 is 0 Å². The molecule has 0 saturated heterocycles. The number of carbonyl (C=O) groups is 1. The number of phenolic OH excluding ortho intramolecular Hbond substituents is 1. The van der Waals surface area contributed by atoms with Crippen LogP contribution in [0.15, 0.2) is 18.2 Å². The van der Waals surface area contributed by atoms with Crippen molar-refractivity contribution >= 4 is 5.91 Å². The summed E-state index contributed by atoms with van der Waals surface area (Å²) in [5.41, 5.74) is 1.06. The standard InChI is InChI=1S/C16H26N2O2/c1-11(2)9-13(10-18(4)5)17-16(20)14-8-6-7-12(3)15(14)19/h6-8,11,13,19H,9-10H2,1-5H3,(H,17,20). The topological polar surface area (TPSA) is 52.6 Å². The zero-order chi connectivity index (χ0) is 15.3. The van der Waals surface area contributed by atoms with Gasteiger partial charge >= 0.3 is 0 Å². The number of carbonyl (C=O) groups excluding carboxylic acids is 1. The summed E-state index contributed by atoms with van der Waals surface area (Å²) < 4.78 is 0. The van der Waals surface area contributed by atoms with E-state index in [1.165, 1.54) is 0 Å². The summed E-state index contributed by atoms with van der Waals surface area (Å²) in [4.78, 5) is 14.4. The van der Waals surface area contributed by atoms with Gasteiger partial charge in [-0.3, -0.25) is 4.79 Å². The van der Waals surface area contributed by atoms with Crippen LogP contribution in [0.1, 0.15) is 36.2 Å². The van der Waals surface area contributed by atoms with Crippen LogP contribution in [0.2, 0.25) is 0 Å². The molecule has 4 heteroatoms. The van der Waals surface area contributed by atoms with Crippen molar-refractivity contribution in [3.63, 3.8) is 0 Å². The van der Waals surface area contributed by atoms with Crippen molar-refractivity contribution < 1.29 is 9.90 Å². The molecule has 0 saturated carbocycles. The first kappa shape index (κ1) is 16.5. The highest BCUT2D eigenvalue weighted by Gasteiger charge is 2.18. The molecule has 112 valence electrons. The van der Waals surface area contributed by atoms with Gasteiger partial charge in [0, 0.05) is 12.6 Å². The van der Waals surface area contributed by atoms with Crippen LogP contribution in [0, 0.1) is 12.8 Å². The summed E-state index contributed by atoms with van der Waals surface area (Å²) in [6.45, 7) is 6.85. The van der Waals surface area contributed by atoms with E-state index in [9.17, 15) is 9.90 Å². The van der Waals surface area contributed by atoms with Crippen molar-refractivity contribution in [2.24, 2.45) is 5.92 Å². The van der Waals surface area contributed by atoms with E-state index in [4.69, 9.17) is 0 Å². The van der Waals surface area contributed by atoms with Crippen LogP contribution in [0.25, 0.3) is 0 Å². The van der Waals surface area contributed by atoms with Gasteiger partial charge in [-0.05, 0) is 45.0 Å². The molecular formula is C16H26N2O2. The summed E-state index contributed by atoms with van der Waals surface area (Å²) in [5, 5.41) is 13.0. The lowest BCUT2D eigenvalue weighted by Crippen LogP contribution is -2.42. The third-order valence-corrected chi connectivity index (χ3v) is 3.16. The lowest BCUT2D eigenvalue weighted by atomic mass is 10.0. The van der Waals surface area contributed by atoms with Gasteiger partial charge in [0.05, 0.1) is 5.56 Å². The van der Waals surface area contributed by atoms with Gasteiger partial charge in [-0.25, -0.2) is 0 Å². The van der Waals surface area contributed by atoms with Gasteiger partial charge in [0.1, 0.15) is 5.75 Å². The predicted molar refractivity (Wildman–Crippen MR) is 82.1 cm³/mol. The van der Waals surface area contributed by atoms with Gasteiger partial charge in [0.15, 0.2) is 0 Å². The third-order valence-electron chi connectivity index (χ3n) is 3.16. The Morgan fingerprint density at radius 3 is 2.55 bits per heavy atom. The molecule has 0 aromatic heterocycles. The monoisotopic (exact) mass is 278 g/mol. The fraction of sp³-hybridized carbons (Fsp3) is 0.562. The third kappa shape index (κ3) is 4.85. The van der Waals surface area contributed by atoms with Gasteiger partial charge < -0.3 is 15.3 Å². The smallest absolute Gasteiger partial charge is 0.255 e. The molecule has 1 atom stereocenters. The van der Waals surface area contributed by atoms with Gasteiger partial charge in [0.2, 0.25) is 0 Å². The molecule has 1 unspecified atom stereocenters. The second-order valence-electron chi connectivity index (χ2n) is 6.03. The van der Waals surface area contributed by atoms with Crippen molar-refractivity contribution in [2.75, 3.05) is 20.6 Å². The number of rotatable bonds is 6. The normalized spacial score (nSPS) is 12.8. The zero-order valence-electron chi connectivity index (χ0n) is 13.1. The van der Waals surface area contributed by atoms with Crippen LogP contribution in [0.4, 0.5) is 0 Å². The molecule has 0 spiro atoms. The number of benzene rings is 1. The number of aromatic hydroxyl groups is 1. The van der Waals surface area contributed by atoms with Crippen LogP contribution in [-0.2, 0) is 0 Å². The second kappa shape index (κ2) is 7.29. The fourth-order valence-electron chi connectivity index (χ4n) is 2.29. The molecule has 20 heavy (non-hydrogen) atoms. The van der Waals surface area contributed by atoms with Gasteiger partial charge in [-0.1, -0.05) is 26.0 Å². The molecule has 0 fully saturated rings. The molecular weight excluding hydrogens is 252 g/mol. The molecule has 0 aliphatic carbocycles. The van der Waals surface area contributed by atoms with E-state index in [0.717, 1.165) is 13.0 Å². The van der Waals surface area contributed by atoms with Crippen LogP contribution >= 0.6 is 0 Å². The Labute approximate surface area is 121 Å². The Kier molecular flexibility index (Phi) is 6.02. The molecule has 0 bridgehead atoms. The van der Waals surface area contributed by atoms with E-state index in [0.29, 0.717) is 17.0 Å². The molecule has 4 nitrogen and oxygen atoms in total. The molecule has 0 radical (unpaired) electrons. The highest BCUT2D eigenvalue weighted by molar-refractivity contribution is 5.97. The summed E-state index contributed by atoms with van der Waals surface area (Å²) >= 11 is 0. The number of phenols is 1. The van der Waals surface area contributed by atoms with Gasteiger partial charge in [0.25, 0.3) is 5.91 Å². The first-order chi connectivity index (χ1) is 9.31. The number of likely N-dealkylation sites (N-methyl/N-ethyl adjacent to an activating group) is 1. The number of amides is 1. The molecule has 0 aliphatic heterocycles. The molecule has 0 aliphatic rings. The molecule has 1 amide bonds. The average Bonchev–Trinajstić information content (AvgIpc) is 2.30. The van der Waals surface area contributed by atoms with Crippen molar-refractivity contribution in [2.45, 2.75) is 33.2 Å². The summed E-state index contributed by atoms with van der Waals surface area (Å²) in [6.07, 6.45) is 0.913. The number of nitrogens with zero attached hydrogens (tertiary/aromatic N) is 1. The van der Waals surface area contributed by atoms with Crippen LogP contribution < -0.4 is 5.32 Å². The first-order valence-electron chi connectivity index (χ1n) is 7.05. The Bertz CT molecular complexity index is 446. The lowest BCUT2D eigenvalue weighted by Gasteiger charge is -2.24. The Hall–Kier alpha value is -1.55. The van der Waals surface area contributed by atoms with Crippen molar-refractivity contribution in [3.8, 4) is 5.75 Å². The Morgan fingerprint density at radius 1 is 1.35 bits per heavy atom. The van der Waals surface area contributed by atoms with Crippen LogP contribution in [0.3, 0.4) is 0 Å². The second-order valence-corrected chi connectivity index (χ2v) is 6.03. The van der Waals surface area contributed by atoms with Gasteiger partial charge in [-0.2, -0.15) is 0 Å². The number of hydrogen-bond acceptors (Lipinski definition) is 3. The predicted octanol–water partition coefficient (Wildman–Crippen LogP) is 2.41. The molecule has 0 heterocycles. The van der Waals surface area contributed by atoms with E-state index in [1.807, 2.05) is 14.1 Å². The number of para-hydroxylation sites is 1. The number of hydrogen-bond donors (Lipinski definition) is 2. The summed E-state index contributed by atoms with van der Waals surface area (Å²) in [6, 6.07) is 5.31. The maximum absolute atomic E-state index is 12.3. The minimum Gasteiger partial charge on any atom is -0.507 e. The fourth-order valence-corrected chi connectivity index (χ4v) is 2.29. The van der Waals surface area contributed by atoms with E-state index in [2.05, 4.69) is 24.1 Å². The largest absolute Gasteiger partial charge is 0.507 e. The minimum absolute atomic E-state index is 0.0677. The zero-order valence-corrected chi connectivity index (χ0v) is 13.1. The Morgan fingerprint density at radius 2 is 2.00 bits per heavy atom. The average molecular weight is 278 g/mol. The van der Waals surface area contributed by atoms with Gasteiger partial charge in [-0.15, -0.1) is 0 Å². The summed E-state index contributed by atoms with van der Waals surface area (Å²) in [5.74, 6) is 0.364. The van der Waals surface area contributed by atoms with E-state index in [-0.39, 0.29) is 17.7 Å². The molecule has 2 N–H and O–H groups in total. The van der Waals surface area contributed by atoms with Crippen molar-refractivity contribution in [1.82, 2.24) is 10.2 Å². The van der Waals surface area contributed by atoms with Crippen LogP contribution in [-0.4, -0.2) is 42.6 Å². The first-order valence-corrected chi connectivity index (χ1v) is 7.05.